The van der Waals surface area contributed by atoms with Gasteiger partial charge in [-0.2, -0.15) is 0 Å². The second kappa shape index (κ2) is 5.67. The SMILES string of the molecule is COC(=O)[C@@H](N)Cc1ccc(N2C(=O)C3(CC3)c3cccnc32)cc1. The summed E-state index contributed by atoms with van der Waals surface area (Å²) in [4.78, 5) is 30.5. The minimum Gasteiger partial charge on any atom is -0.468 e. The number of carbonyl (C=O) groups excluding carboxylic acids is 2. The summed E-state index contributed by atoms with van der Waals surface area (Å²) in [7, 11) is 1.32. The maximum atomic E-state index is 12.9. The fourth-order valence-electron chi connectivity index (χ4n) is 3.49. The van der Waals surface area contributed by atoms with E-state index in [9.17, 15) is 9.59 Å². The van der Waals surface area contributed by atoms with Crippen LogP contribution in [-0.2, 0) is 26.2 Å². The molecule has 1 aliphatic heterocycles. The first-order valence-corrected chi connectivity index (χ1v) is 8.29. The van der Waals surface area contributed by atoms with E-state index in [-0.39, 0.29) is 11.3 Å². The highest BCUT2D eigenvalue weighted by atomic mass is 16.5. The number of nitrogens with zero attached hydrogens (tertiary/aromatic N) is 2. The van der Waals surface area contributed by atoms with Gasteiger partial charge in [0.05, 0.1) is 18.2 Å². The number of nitrogens with two attached hydrogens (primary N) is 1. The first-order chi connectivity index (χ1) is 12.1. The second-order valence-corrected chi connectivity index (χ2v) is 6.60. The van der Waals surface area contributed by atoms with E-state index in [2.05, 4.69) is 9.72 Å². The molecule has 2 aliphatic rings. The Labute approximate surface area is 145 Å². The smallest absolute Gasteiger partial charge is 0.322 e. The molecule has 1 fully saturated rings. The number of hydrogen-bond acceptors (Lipinski definition) is 5. The standard InChI is InChI=1S/C19H19N3O3/c1-25-17(23)15(20)11-12-4-6-13(7-5-12)22-16-14(3-2-10-21-16)19(8-9-19)18(22)24/h2-7,10,15H,8-9,11,20H2,1H3/t15-/m0/s1. The van der Waals surface area contributed by atoms with Gasteiger partial charge in [-0.05, 0) is 43.0 Å². The molecule has 2 N–H and O–H groups in total. The number of fused-ring (bicyclic) bond motifs is 2. The molecule has 1 atom stereocenters. The Morgan fingerprint density at radius 1 is 1.32 bits per heavy atom. The molecule has 2 aromatic rings. The average Bonchev–Trinajstić information content (AvgIpc) is 3.40. The molecule has 2 heterocycles. The molecule has 6 heteroatoms. The lowest BCUT2D eigenvalue weighted by Gasteiger charge is -2.18. The molecule has 1 spiro atoms. The number of rotatable bonds is 4. The van der Waals surface area contributed by atoms with Crippen molar-refractivity contribution in [2.45, 2.75) is 30.7 Å². The zero-order valence-electron chi connectivity index (χ0n) is 13.9. The van der Waals surface area contributed by atoms with Crippen LogP contribution >= 0.6 is 0 Å². The molecule has 0 saturated heterocycles. The lowest BCUT2D eigenvalue weighted by atomic mass is 10.00. The number of pyridine rings is 1. The predicted molar refractivity (Wildman–Crippen MR) is 92.4 cm³/mol. The van der Waals surface area contributed by atoms with Gasteiger partial charge < -0.3 is 10.5 Å². The van der Waals surface area contributed by atoms with Crippen molar-refractivity contribution in [3.63, 3.8) is 0 Å². The Morgan fingerprint density at radius 2 is 2.04 bits per heavy atom. The van der Waals surface area contributed by atoms with Crippen molar-refractivity contribution in [3.8, 4) is 0 Å². The van der Waals surface area contributed by atoms with E-state index in [1.165, 1.54) is 7.11 Å². The fraction of sp³-hybridized carbons (Fsp3) is 0.316. The Balaban J connectivity index is 1.61. The molecule has 1 aliphatic carbocycles. The van der Waals surface area contributed by atoms with Gasteiger partial charge in [0.1, 0.15) is 11.9 Å². The molecule has 128 valence electrons. The number of amides is 1. The van der Waals surface area contributed by atoms with Crippen LogP contribution in [-0.4, -0.2) is 30.0 Å². The predicted octanol–water partition coefficient (Wildman–Crippen LogP) is 1.83. The topological polar surface area (TPSA) is 85.5 Å². The summed E-state index contributed by atoms with van der Waals surface area (Å²) in [5.41, 5.74) is 8.15. The first-order valence-electron chi connectivity index (χ1n) is 8.29. The van der Waals surface area contributed by atoms with Crippen LogP contribution in [0, 0.1) is 0 Å². The highest BCUT2D eigenvalue weighted by molar-refractivity contribution is 6.13. The van der Waals surface area contributed by atoms with Gasteiger partial charge in [0.25, 0.3) is 0 Å². The largest absolute Gasteiger partial charge is 0.468 e. The van der Waals surface area contributed by atoms with Crippen LogP contribution in [0.4, 0.5) is 11.5 Å². The van der Waals surface area contributed by atoms with Crippen LogP contribution in [0.5, 0.6) is 0 Å². The van der Waals surface area contributed by atoms with Crippen molar-refractivity contribution in [2.75, 3.05) is 12.0 Å². The van der Waals surface area contributed by atoms with Crippen LogP contribution in [0.25, 0.3) is 0 Å². The van der Waals surface area contributed by atoms with Crippen molar-refractivity contribution < 1.29 is 14.3 Å². The summed E-state index contributed by atoms with van der Waals surface area (Å²) in [6.45, 7) is 0. The lowest BCUT2D eigenvalue weighted by molar-refractivity contribution is -0.142. The zero-order chi connectivity index (χ0) is 17.6. The molecule has 1 aromatic heterocycles. The van der Waals surface area contributed by atoms with E-state index in [1.54, 1.807) is 11.1 Å². The first kappa shape index (κ1) is 15.8. The Morgan fingerprint density at radius 3 is 2.68 bits per heavy atom. The van der Waals surface area contributed by atoms with Gasteiger partial charge in [0.15, 0.2) is 0 Å². The molecule has 6 nitrogen and oxygen atoms in total. The van der Waals surface area contributed by atoms with E-state index >= 15 is 0 Å². The third-order valence-corrected chi connectivity index (χ3v) is 5.03. The summed E-state index contributed by atoms with van der Waals surface area (Å²) >= 11 is 0. The summed E-state index contributed by atoms with van der Waals surface area (Å²) in [5, 5.41) is 0. The summed E-state index contributed by atoms with van der Waals surface area (Å²) < 4.78 is 4.65. The second-order valence-electron chi connectivity index (χ2n) is 6.60. The molecular formula is C19H19N3O3. The van der Waals surface area contributed by atoms with Crippen molar-refractivity contribution in [3.05, 3.63) is 53.7 Å². The summed E-state index contributed by atoms with van der Waals surface area (Å²) in [6.07, 6.45) is 3.87. The number of aromatic nitrogens is 1. The minimum absolute atomic E-state index is 0.0974. The average molecular weight is 337 g/mol. The number of methoxy groups -OCH3 is 1. The van der Waals surface area contributed by atoms with Crippen LogP contribution in [0.3, 0.4) is 0 Å². The van der Waals surface area contributed by atoms with Crippen molar-refractivity contribution in [1.82, 2.24) is 4.98 Å². The van der Waals surface area contributed by atoms with Gasteiger partial charge in [-0.15, -0.1) is 0 Å². The van der Waals surface area contributed by atoms with E-state index < -0.39 is 12.0 Å². The van der Waals surface area contributed by atoms with E-state index in [4.69, 9.17) is 5.73 Å². The van der Waals surface area contributed by atoms with Gasteiger partial charge in [-0.3, -0.25) is 14.5 Å². The van der Waals surface area contributed by atoms with Gasteiger partial charge in [-0.25, -0.2) is 4.98 Å². The highest BCUT2D eigenvalue weighted by Gasteiger charge is 2.60. The molecule has 25 heavy (non-hydrogen) atoms. The minimum atomic E-state index is -0.693. The van der Waals surface area contributed by atoms with Gasteiger partial charge >= 0.3 is 5.97 Å². The number of esters is 1. The third kappa shape index (κ3) is 2.41. The molecular weight excluding hydrogens is 318 g/mol. The third-order valence-electron chi connectivity index (χ3n) is 5.03. The molecule has 1 aromatic carbocycles. The lowest BCUT2D eigenvalue weighted by Crippen LogP contribution is -2.33. The molecule has 0 radical (unpaired) electrons. The molecule has 0 unspecified atom stereocenters. The zero-order valence-corrected chi connectivity index (χ0v) is 13.9. The quantitative estimate of drug-likeness (QED) is 0.860. The van der Waals surface area contributed by atoms with E-state index in [0.29, 0.717) is 6.42 Å². The Hall–Kier alpha value is -2.73. The van der Waals surface area contributed by atoms with Gasteiger partial charge in [-0.1, -0.05) is 18.2 Å². The van der Waals surface area contributed by atoms with Crippen LogP contribution in [0.1, 0.15) is 24.0 Å². The molecule has 1 saturated carbocycles. The summed E-state index contributed by atoms with van der Waals surface area (Å²) in [6, 6.07) is 10.7. The van der Waals surface area contributed by atoms with Crippen LogP contribution < -0.4 is 10.6 Å². The fourth-order valence-corrected chi connectivity index (χ4v) is 3.49. The molecule has 4 rings (SSSR count). The van der Waals surface area contributed by atoms with Crippen molar-refractivity contribution >= 4 is 23.4 Å². The normalized spacial score (nSPS) is 18.2. The van der Waals surface area contributed by atoms with Crippen molar-refractivity contribution in [2.24, 2.45) is 5.73 Å². The molecule has 0 bridgehead atoms. The number of carbonyl (C=O) groups is 2. The van der Waals surface area contributed by atoms with Gasteiger partial charge in [0, 0.05) is 11.8 Å². The van der Waals surface area contributed by atoms with Crippen LogP contribution in [0.2, 0.25) is 0 Å². The van der Waals surface area contributed by atoms with Crippen LogP contribution in [0.15, 0.2) is 42.6 Å². The van der Waals surface area contributed by atoms with E-state index in [1.807, 2.05) is 36.4 Å². The van der Waals surface area contributed by atoms with E-state index in [0.717, 1.165) is 35.5 Å². The summed E-state index contributed by atoms with van der Waals surface area (Å²) in [5.74, 6) is 0.386. The maximum Gasteiger partial charge on any atom is 0.322 e. The number of benzene rings is 1. The highest BCUT2D eigenvalue weighted by Crippen LogP contribution is 2.58. The Kier molecular flexibility index (Phi) is 3.58. The number of hydrogen-bond donors (Lipinski definition) is 1. The number of anilines is 2. The Bertz CT molecular complexity index is 843. The monoisotopic (exact) mass is 337 g/mol. The van der Waals surface area contributed by atoms with Gasteiger partial charge in [0.2, 0.25) is 5.91 Å². The van der Waals surface area contributed by atoms with Crippen molar-refractivity contribution in [1.29, 1.82) is 0 Å². The molecule has 1 amide bonds. The maximum absolute atomic E-state index is 12.9. The number of ether oxygens (including phenoxy) is 1.